The summed E-state index contributed by atoms with van der Waals surface area (Å²) in [6.45, 7) is 0. The topological polar surface area (TPSA) is 49.6 Å². The Kier molecular flexibility index (Phi) is 2.20. The van der Waals surface area contributed by atoms with E-state index < -0.39 is 0 Å². The summed E-state index contributed by atoms with van der Waals surface area (Å²) in [7, 11) is 0. The highest BCUT2D eigenvalue weighted by Gasteiger charge is 1.98. The van der Waals surface area contributed by atoms with Crippen molar-refractivity contribution in [2.75, 3.05) is 0 Å². The number of rotatable bonds is 1. The van der Waals surface area contributed by atoms with Crippen LogP contribution in [0.25, 0.3) is 11.1 Å². The molecule has 0 spiro atoms. The molecule has 0 saturated carbocycles. The van der Waals surface area contributed by atoms with Gasteiger partial charge in [0.05, 0.1) is 0 Å². The van der Waals surface area contributed by atoms with Gasteiger partial charge in [-0.15, -0.1) is 0 Å². The molecule has 66 valence electrons. The Labute approximate surface area is 81.7 Å². The highest BCUT2D eigenvalue weighted by Crippen LogP contribution is 2.17. The van der Waals surface area contributed by atoms with E-state index in [1.165, 1.54) is 0 Å². The Morgan fingerprint density at radius 2 is 1.71 bits per heavy atom. The lowest BCUT2D eigenvalue weighted by atomic mass is 10.1. The summed E-state index contributed by atoms with van der Waals surface area (Å²) in [6, 6.07) is 9.44. The fraction of sp³-hybridized carbons (Fsp3) is 0. The Bertz CT molecular complexity index is 471. The molecule has 2 heterocycles. The molecule has 0 aliphatic rings. The van der Waals surface area contributed by atoms with Crippen molar-refractivity contribution < 1.29 is 0 Å². The molecule has 0 aliphatic heterocycles. The largest absolute Gasteiger partial charge is 0.265 e. The second-order valence-corrected chi connectivity index (χ2v) is 2.78. The predicted octanol–water partition coefficient (Wildman–Crippen LogP) is 2.02. The first-order chi connectivity index (χ1) is 6.90. The van der Waals surface area contributed by atoms with Gasteiger partial charge in [-0.2, -0.15) is 5.26 Å². The third-order valence-corrected chi connectivity index (χ3v) is 1.89. The quantitative estimate of drug-likeness (QED) is 0.676. The van der Waals surface area contributed by atoms with E-state index in [1.54, 1.807) is 24.7 Å². The highest BCUT2D eigenvalue weighted by atomic mass is 14.7. The summed E-state index contributed by atoms with van der Waals surface area (Å²) in [4.78, 5) is 7.84. The van der Waals surface area contributed by atoms with E-state index in [-0.39, 0.29) is 0 Å². The van der Waals surface area contributed by atoms with Crippen molar-refractivity contribution in [1.82, 2.24) is 9.97 Å². The molecule has 0 fully saturated rings. The number of hydrogen-bond acceptors (Lipinski definition) is 3. The average molecular weight is 181 g/mol. The van der Waals surface area contributed by atoms with Gasteiger partial charge in [0.1, 0.15) is 11.8 Å². The van der Waals surface area contributed by atoms with E-state index in [9.17, 15) is 0 Å². The van der Waals surface area contributed by atoms with Crippen molar-refractivity contribution in [3.63, 3.8) is 0 Å². The molecule has 3 nitrogen and oxygen atoms in total. The van der Waals surface area contributed by atoms with Crippen molar-refractivity contribution in [2.24, 2.45) is 0 Å². The van der Waals surface area contributed by atoms with Crippen molar-refractivity contribution in [2.45, 2.75) is 0 Å². The highest BCUT2D eigenvalue weighted by molar-refractivity contribution is 5.63. The number of pyridine rings is 2. The number of aromatic nitrogens is 2. The maximum atomic E-state index is 8.68. The molecule has 0 saturated heterocycles. The molecule has 14 heavy (non-hydrogen) atoms. The summed E-state index contributed by atoms with van der Waals surface area (Å²) in [5, 5.41) is 8.68. The van der Waals surface area contributed by atoms with Gasteiger partial charge >= 0.3 is 0 Å². The van der Waals surface area contributed by atoms with Gasteiger partial charge in [0.15, 0.2) is 0 Å². The zero-order valence-electron chi connectivity index (χ0n) is 7.38. The van der Waals surface area contributed by atoms with Crippen LogP contribution in [0.1, 0.15) is 5.69 Å². The summed E-state index contributed by atoms with van der Waals surface area (Å²) in [5.41, 5.74) is 2.46. The van der Waals surface area contributed by atoms with Crippen molar-refractivity contribution >= 4 is 0 Å². The van der Waals surface area contributed by atoms with Crippen LogP contribution in [0.5, 0.6) is 0 Å². The average Bonchev–Trinajstić information content (AvgIpc) is 2.30. The smallest absolute Gasteiger partial charge is 0.141 e. The molecule has 2 rings (SSSR count). The minimum Gasteiger partial charge on any atom is -0.265 e. The molecule has 0 unspecified atom stereocenters. The monoisotopic (exact) mass is 181 g/mol. The molecule has 0 bridgehead atoms. The van der Waals surface area contributed by atoms with Crippen LogP contribution < -0.4 is 0 Å². The van der Waals surface area contributed by atoms with E-state index in [0.717, 1.165) is 11.1 Å². The van der Waals surface area contributed by atoms with Gasteiger partial charge in [0, 0.05) is 18.6 Å². The van der Waals surface area contributed by atoms with E-state index in [4.69, 9.17) is 5.26 Å². The van der Waals surface area contributed by atoms with Crippen LogP contribution >= 0.6 is 0 Å². The minimum atomic E-state index is 0.430. The molecule has 0 amide bonds. The lowest BCUT2D eigenvalue weighted by Gasteiger charge is -1.99. The Morgan fingerprint density at radius 1 is 1.00 bits per heavy atom. The number of hydrogen-bond donors (Lipinski definition) is 0. The lowest BCUT2D eigenvalue weighted by Crippen LogP contribution is -1.83. The molecule has 0 atom stereocenters. The third-order valence-electron chi connectivity index (χ3n) is 1.89. The van der Waals surface area contributed by atoms with Crippen molar-refractivity contribution in [1.29, 1.82) is 5.26 Å². The molecule has 2 aromatic heterocycles. The number of nitrogens with zero attached hydrogens (tertiary/aromatic N) is 3. The lowest BCUT2D eigenvalue weighted by molar-refractivity contribution is 1.26. The first kappa shape index (κ1) is 8.39. The van der Waals surface area contributed by atoms with Gasteiger partial charge in [0.25, 0.3) is 0 Å². The van der Waals surface area contributed by atoms with Crippen LogP contribution in [0.4, 0.5) is 0 Å². The molecule has 0 aromatic carbocycles. The Morgan fingerprint density at radius 3 is 2.43 bits per heavy atom. The first-order valence-electron chi connectivity index (χ1n) is 4.17. The Hall–Kier alpha value is -2.21. The zero-order valence-corrected chi connectivity index (χ0v) is 7.38. The molecule has 0 aliphatic carbocycles. The van der Waals surface area contributed by atoms with E-state index in [0.29, 0.717) is 5.69 Å². The maximum Gasteiger partial charge on any atom is 0.141 e. The molecular weight excluding hydrogens is 174 g/mol. The van der Waals surface area contributed by atoms with Crippen LogP contribution in [0.15, 0.2) is 42.9 Å². The van der Waals surface area contributed by atoms with E-state index >= 15 is 0 Å². The summed E-state index contributed by atoms with van der Waals surface area (Å²) in [5.74, 6) is 0. The van der Waals surface area contributed by atoms with Gasteiger partial charge in [-0.1, -0.05) is 0 Å². The van der Waals surface area contributed by atoms with Crippen molar-refractivity contribution in [3.8, 4) is 17.2 Å². The second-order valence-electron chi connectivity index (χ2n) is 2.78. The molecule has 3 heteroatoms. The van der Waals surface area contributed by atoms with Crippen LogP contribution in [-0.4, -0.2) is 9.97 Å². The van der Waals surface area contributed by atoms with E-state index in [2.05, 4.69) is 9.97 Å². The van der Waals surface area contributed by atoms with Gasteiger partial charge in [-0.25, -0.2) is 4.98 Å². The van der Waals surface area contributed by atoms with Crippen LogP contribution in [-0.2, 0) is 0 Å². The Balaban J connectivity index is 2.49. The summed E-state index contributed by atoms with van der Waals surface area (Å²) < 4.78 is 0. The standard InChI is InChI=1S/C11H7N3/c12-8-11-7-10(3-6-14-11)9-1-4-13-5-2-9/h1-7H. The SMILES string of the molecule is N#Cc1cc(-c2ccncc2)ccn1. The molecular formula is C11H7N3. The normalized spacial score (nSPS) is 9.36. The van der Waals surface area contributed by atoms with E-state index in [1.807, 2.05) is 24.3 Å². The minimum absolute atomic E-state index is 0.430. The maximum absolute atomic E-state index is 8.68. The van der Waals surface area contributed by atoms with Crippen LogP contribution in [0.2, 0.25) is 0 Å². The third kappa shape index (κ3) is 1.59. The van der Waals surface area contributed by atoms with Crippen molar-refractivity contribution in [3.05, 3.63) is 48.5 Å². The van der Waals surface area contributed by atoms with Gasteiger partial charge in [-0.05, 0) is 35.4 Å². The van der Waals surface area contributed by atoms with Gasteiger partial charge in [-0.3, -0.25) is 4.98 Å². The van der Waals surface area contributed by atoms with Gasteiger partial charge < -0.3 is 0 Å². The molecule has 0 radical (unpaired) electrons. The van der Waals surface area contributed by atoms with Crippen LogP contribution in [0.3, 0.4) is 0 Å². The van der Waals surface area contributed by atoms with Gasteiger partial charge in [0.2, 0.25) is 0 Å². The first-order valence-corrected chi connectivity index (χ1v) is 4.17. The van der Waals surface area contributed by atoms with Crippen LogP contribution in [0, 0.1) is 11.3 Å². The second kappa shape index (κ2) is 3.67. The molecule has 2 aromatic rings. The predicted molar refractivity (Wildman–Crippen MR) is 52.2 cm³/mol. The molecule has 0 N–H and O–H groups in total. The summed E-state index contributed by atoms with van der Waals surface area (Å²) in [6.07, 6.45) is 5.08. The number of nitriles is 1. The fourth-order valence-electron chi connectivity index (χ4n) is 1.22. The summed E-state index contributed by atoms with van der Waals surface area (Å²) >= 11 is 0. The fourth-order valence-corrected chi connectivity index (χ4v) is 1.22. The zero-order chi connectivity index (χ0) is 9.80.